The predicted molar refractivity (Wildman–Crippen MR) is 64.8 cm³/mol. The quantitative estimate of drug-likeness (QED) is 0.720. The van der Waals surface area contributed by atoms with E-state index < -0.39 is 0 Å². The first-order valence-electron chi connectivity index (χ1n) is 5.55. The number of hydrogen-bond acceptors (Lipinski definition) is 2. The number of allylic oxidation sites excluding steroid dienone is 1. The molecule has 0 aromatic carbocycles. The van der Waals surface area contributed by atoms with Crippen LogP contribution in [0.15, 0.2) is 30.9 Å². The standard InChI is InChI=1S/C13H20N2/c1-4-6-9-12(14-5-2)13-10-7-8-11(3)15-13/h4,7-8,10,12,14H,1,5-6,9H2,2-3H3. The summed E-state index contributed by atoms with van der Waals surface area (Å²) in [6, 6.07) is 6.53. The molecule has 0 saturated heterocycles. The van der Waals surface area contributed by atoms with Gasteiger partial charge in [-0.2, -0.15) is 0 Å². The number of aromatic nitrogens is 1. The van der Waals surface area contributed by atoms with Crippen LogP contribution in [0, 0.1) is 6.92 Å². The van der Waals surface area contributed by atoms with Crippen LogP contribution in [0.1, 0.15) is 37.2 Å². The van der Waals surface area contributed by atoms with Crippen molar-refractivity contribution in [2.75, 3.05) is 6.54 Å². The molecule has 1 unspecified atom stereocenters. The van der Waals surface area contributed by atoms with Gasteiger partial charge in [0, 0.05) is 11.7 Å². The number of pyridine rings is 1. The van der Waals surface area contributed by atoms with E-state index in [2.05, 4.69) is 35.9 Å². The molecule has 1 heterocycles. The van der Waals surface area contributed by atoms with Gasteiger partial charge in [0.15, 0.2) is 0 Å². The predicted octanol–water partition coefficient (Wildman–Crippen LogP) is 3.01. The maximum Gasteiger partial charge on any atom is 0.0576 e. The zero-order valence-corrected chi connectivity index (χ0v) is 9.66. The molecule has 0 aliphatic heterocycles. The van der Waals surface area contributed by atoms with Crippen LogP contribution in [-0.4, -0.2) is 11.5 Å². The van der Waals surface area contributed by atoms with Gasteiger partial charge < -0.3 is 5.32 Å². The van der Waals surface area contributed by atoms with Gasteiger partial charge in [0.2, 0.25) is 0 Å². The summed E-state index contributed by atoms with van der Waals surface area (Å²) in [5.41, 5.74) is 2.22. The Bertz CT molecular complexity index is 307. The summed E-state index contributed by atoms with van der Waals surface area (Å²) in [7, 11) is 0. The zero-order chi connectivity index (χ0) is 11.1. The van der Waals surface area contributed by atoms with Crippen molar-refractivity contribution in [2.45, 2.75) is 32.7 Å². The molecule has 1 rings (SSSR count). The second-order valence-electron chi connectivity index (χ2n) is 3.68. The van der Waals surface area contributed by atoms with Gasteiger partial charge in [-0.3, -0.25) is 4.98 Å². The van der Waals surface area contributed by atoms with Gasteiger partial charge in [-0.1, -0.05) is 19.1 Å². The van der Waals surface area contributed by atoms with E-state index in [1.807, 2.05) is 19.1 Å². The Labute approximate surface area is 92.4 Å². The Hall–Kier alpha value is -1.15. The highest BCUT2D eigenvalue weighted by Gasteiger charge is 2.10. The lowest BCUT2D eigenvalue weighted by atomic mass is 10.1. The monoisotopic (exact) mass is 204 g/mol. The third kappa shape index (κ3) is 3.84. The van der Waals surface area contributed by atoms with Crippen molar-refractivity contribution in [1.82, 2.24) is 10.3 Å². The van der Waals surface area contributed by atoms with E-state index in [0.29, 0.717) is 6.04 Å². The van der Waals surface area contributed by atoms with Gasteiger partial charge in [0.25, 0.3) is 0 Å². The molecule has 1 aromatic heterocycles. The molecule has 2 heteroatoms. The van der Waals surface area contributed by atoms with Crippen molar-refractivity contribution in [2.24, 2.45) is 0 Å². The molecule has 82 valence electrons. The zero-order valence-electron chi connectivity index (χ0n) is 9.66. The second kappa shape index (κ2) is 6.36. The van der Waals surface area contributed by atoms with Crippen molar-refractivity contribution < 1.29 is 0 Å². The van der Waals surface area contributed by atoms with Crippen LogP contribution in [-0.2, 0) is 0 Å². The fourth-order valence-electron chi connectivity index (χ4n) is 1.64. The van der Waals surface area contributed by atoms with Crippen molar-refractivity contribution in [3.63, 3.8) is 0 Å². The summed E-state index contributed by atoms with van der Waals surface area (Å²) in [6.45, 7) is 8.87. The summed E-state index contributed by atoms with van der Waals surface area (Å²) in [6.07, 6.45) is 4.04. The van der Waals surface area contributed by atoms with E-state index in [9.17, 15) is 0 Å². The van der Waals surface area contributed by atoms with E-state index in [-0.39, 0.29) is 0 Å². The van der Waals surface area contributed by atoms with Crippen LogP contribution in [0.4, 0.5) is 0 Å². The SMILES string of the molecule is C=CCCC(NCC)c1cccc(C)n1. The summed E-state index contributed by atoms with van der Waals surface area (Å²) in [4.78, 5) is 4.55. The van der Waals surface area contributed by atoms with E-state index in [4.69, 9.17) is 0 Å². The number of nitrogens with one attached hydrogen (secondary N) is 1. The minimum absolute atomic E-state index is 0.355. The van der Waals surface area contributed by atoms with E-state index in [0.717, 1.165) is 30.8 Å². The lowest BCUT2D eigenvalue weighted by Gasteiger charge is -2.16. The van der Waals surface area contributed by atoms with Gasteiger partial charge >= 0.3 is 0 Å². The van der Waals surface area contributed by atoms with Gasteiger partial charge in [0.1, 0.15) is 0 Å². The van der Waals surface area contributed by atoms with Gasteiger partial charge in [-0.05, 0) is 38.4 Å². The first-order valence-corrected chi connectivity index (χ1v) is 5.55. The third-order valence-electron chi connectivity index (χ3n) is 2.38. The van der Waals surface area contributed by atoms with Crippen LogP contribution >= 0.6 is 0 Å². The number of nitrogens with zero attached hydrogens (tertiary/aromatic N) is 1. The normalized spacial score (nSPS) is 12.4. The topological polar surface area (TPSA) is 24.9 Å². The molecule has 1 N–H and O–H groups in total. The molecule has 0 aliphatic carbocycles. The van der Waals surface area contributed by atoms with Crippen molar-refractivity contribution in [1.29, 1.82) is 0 Å². The summed E-state index contributed by atoms with van der Waals surface area (Å²) >= 11 is 0. The Morgan fingerprint density at radius 2 is 2.33 bits per heavy atom. The molecule has 0 saturated carbocycles. The Morgan fingerprint density at radius 3 is 2.93 bits per heavy atom. The highest BCUT2D eigenvalue weighted by molar-refractivity contribution is 5.13. The van der Waals surface area contributed by atoms with Crippen molar-refractivity contribution >= 4 is 0 Å². The fourth-order valence-corrected chi connectivity index (χ4v) is 1.64. The average Bonchev–Trinajstić information content (AvgIpc) is 2.24. The number of hydrogen-bond donors (Lipinski definition) is 1. The van der Waals surface area contributed by atoms with Crippen molar-refractivity contribution in [3.8, 4) is 0 Å². The average molecular weight is 204 g/mol. The minimum atomic E-state index is 0.355. The molecule has 0 bridgehead atoms. The van der Waals surface area contributed by atoms with Crippen LogP contribution in [0.3, 0.4) is 0 Å². The third-order valence-corrected chi connectivity index (χ3v) is 2.38. The van der Waals surface area contributed by atoms with Crippen molar-refractivity contribution in [3.05, 3.63) is 42.2 Å². The molecule has 0 amide bonds. The molecule has 15 heavy (non-hydrogen) atoms. The van der Waals surface area contributed by atoms with Gasteiger partial charge in [-0.25, -0.2) is 0 Å². The Kier molecular flexibility index (Phi) is 5.05. The highest BCUT2D eigenvalue weighted by atomic mass is 14.9. The molecule has 0 aliphatic rings. The fraction of sp³-hybridized carbons (Fsp3) is 0.462. The smallest absolute Gasteiger partial charge is 0.0576 e. The maximum absolute atomic E-state index is 4.55. The number of aryl methyl sites for hydroxylation is 1. The molecular formula is C13H20N2. The van der Waals surface area contributed by atoms with Crippen LogP contribution in [0.2, 0.25) is 0 Å². The maximum atomic E-state index is 4.55. The molecule has 0 spiro atoms. The first-order chi connectivity index (χ1) is 7.27. The number of rotatable bonds is 6. The van der Waals surface area contributed by atoms with Gasteiger partial charge in [-0.15, -0.1) is 6.58 Å². The molecular weight excluding hydrogens is 184 g/mol. The lowest BCUT2D eigenvalue weighted by Crippen LogP contribution is -2.21. The Balaban J connectivity index is 2.73. The van der Waals surface area contributed by atoms with Crippen LogP contribution in [0.5, 0.6) is 0 Å². The van der Waals surface area contributed by atoms with Gasteiger partial charge in [0.05, 0.1) is 5.69 Å². The summed E-state index contributed by atoms with van der Waals surface area (Å²) in [5, 5.41) is 3.45. The molecule has 1 aromatic rings. The van der Waals surface area contributed by atoms with Crippen LogP contribution < -0.4 is 5.32 Å². The molecule has 0 fully saturated rings. The van der Waals surface area contributed by atoms with E-state index >= 15 is 0 Å². The Morgan fingerprint density at radius 1 is 1.53 bits per heavy atom. The lowest BCUT2D eigenvalue weighted by molar-refractivity contribution is 0.507. The highest BCUT2D eigenvalue weighted by Crippen LogP contribution is 2.16. The molecule has 1 atom stereocenters. The molecule has 0 radical (unpaired) electrons. The minimum Gasteiger partial charge on any atom is -0.309 e. The van der Waals surface area contributed by atoms with E-state index in [1.165, 1.54) is 0 Å². The van der Waals surface area contributed by atoms with E-state index in [1.54, 1.807) is 0 Å². The molecule has 2 nitrogen and oxygen atoms in total. The van der Waals surface area contributed by atoms with Crippen LogP contribution in [0.25, 0.3) is 0 Å². The summed E-state index contributed by atoms with van der Waals surface area (Å²) in [5.74, 6) is 0. The summed E-state index contributed by atoms with van der Waals surface area (Å²) < 4.78 is 0. The largest absolute Gasteiger partial charge is 0.309 e. The second-order valence-corrected chi connectivity index (χ2v) is 3.68. The first kappa shape index (κ1) is 11.9.